The normalized spacial score (nSPS) is 37.5. The van der Waals surface area contributed by atoms with E-state index in [2.05, 4.69) is 13.5 Å². The van der Waals surface area contributed by atoms with Crippen molar-refractivity contribution in [2.24, 2.45) is 11.8 Å². The lowest BCUT2D eigenvalue weighted by atomic mass is 9.74. The van der Waals surface area contributed by atoms with Crippen molar-refractivity contribution in [1.82, 2.24) is 0 Å². The molecule has 0 aromatic rings. The zero-order chi connectivity index (χ0) is 17.0. The van der Waals surface area contributed by atoms with E-state index < -0.39 is 11.7 Å². The summed E-state index contributed by atoms with van der Waals surface area (Å²) in [6.07, 6.45) is 9.91. The number of allylic oxidation sites excluding steroid dienone is 4. The van der Waals surface area contributed by atoms with Gasteiger partial charge in [0.1, 0.15) is 5.60 Å². The highest BCUT2D eigenvalue weighted by atomic mass is 16.5. The van der Waals surface area contributed by atoms with Crippen LogP contribution in [0.4, 0.5) is 0 Å². The summed E-state index contributed by atoms with van der Waals surface area (Å²) >= 11 is 0. The molecule has 0 unspecified atom stereocenters. The summed E-state index contributed by atoms with van der Waals surface area (Å²) in [5.74, 6) is 0.378. The highest BCUT2D eigenvalue weighted by Crippen LogP contribution is 2.45. The third-order valence-corrected chi connectivity index (χ3v) is 5.02. The van der Waals surface area contributed by atoms with Crippen LogP contribution in [0.3, 0.4) is 0 Å². The predicted molar refractivity (Wildman–Crippen MR) is 94.1 cm³/mol. The molecular formula is C20H30O3. The van der Waals surface area contributed by atoms with Gasteiger partial charge >= 0.3 is 0 Å². The van der Waals surface area contributed by atoms with Crippen molar-refractivity contribution in [2.45, 2.75) is 51.7 Å². The zero-order valence-electron chi connectivity index (χ0n) is 14.6. The molecule has 2 N–H and O–H groups in total. The SMILES string of the molecule is C=C1C[C@@H](O)/C=C(/C)CC[C@H]2[C@H]1CO[C@@]2(/C=C/C=C(C)C)CO. The lowest BCUT2D eigenvalue weighted by molar-refractivity contribution is -0.0252. The number of aliphatic hydroxyl groups excluding tert-OH is 2. The molecule has 1 saturated heterocycles. The second-order valence-corrected chi connectivity index (χ2v) is 7.22. The van der Waals surface area contributed by atoms with Crippen molar-refractivity contribution in [2.75, 3.05) is 13.2 Å². The quantitative estimate of drug-likeness (QED) is 0.618. The molecule has 0 spiro atoms. The van der Waals surface area contributed by atoms with Gasteiger partial charge in [0, 0.05) is 11.8 Å². The molecule has 0 aromatic carbocycles. The van der Waals surface area contributed by atoms with Gasteiger partial charge in [-0.25, -0.2) is 0 Å². The van der Waals surface area contributed by atoms with E-state index in [9.17, 15) is 10.2 Å². The molecule has 23 heavy (non-hydrogen) atoms. The van der Waals surface area contributed by atoms with Crippen molar-refractivity contribution in [3.8, 4) is 0 Å². The van der Waals surface area contributed by atoms with Crippen LogP contribution in [-0.4, -0.2) is 35.1 Å². The van der Waals surface area contributed by atoms with Gasteiger partial charge in [0.2, 0.25) is 0 Å². The fourth-order valence-electron chi connectivity index (χ4n) is 3.72. The molecule has 2 aliphatic rings. The minimum absolute atomic E-state index is 0.0279. The van der Waals surface area contributed by atoms with Crippen LogP contribution in [0.5, 0.6) is 0 Å². The predicted octanol–water partition coefficient (Wildman–Crippen LogP) is 3.55. The number of hydrogen-bond donors (Lipinski definition) is 2. The van der Waals surface area contributed by atoms with E-state index in [4.69, 9.17) is 4.74 Å². The van der Waals surface area contributed by atoms with Gasteiger partial charge in [-0.05, 0) is 40.0 Å². The van der Waals surface area contributed by atoms with Gasteiger partial charge in [-0.15, -0.1) is 0 Å². The number of fused-ring (bicyclic) bond motifs is 1. The molecule has 0 bridgehead atoms. The molecule has 0 amide bonds. The standard InChI is InChI=1S/C20H30O3/c1-14(2)6-5-9-20(13-21)19-8-7-15(3)10-17(22)11-16(4)18(19)12-23-20/h5-6,9-10,17-19,21-22H,4,7-8,11-13H2,1-3H3/b9-5+,15-10-/t17-,18-,19-,20-/m0/s1. The topological polar surface area (TPSA) is 49.7 Å². The van der Waals surface area contributed by atoms with Gasteiger partial charge in [0.15, 0.2) is 0 Å². The fourth-order valence-corrected chi connectivity index (χ4v) is 3.72. The van der Waals surface area contributed by atoms with Crippen molar-refractivity contribution < 1.29 is 14.9 Å². The van der Waals surface area contributed by atoms with Crippen molar-refractivity contribution in [3.63, 3.8) is 0 Å². The number of ether oxygens (including phenoxy) is 1. The van der Waals surface area contributed by atoms with Crippen LogP contribution in [0.15, 0.2) is 47.6 Å². The number of aliphatic hydroxyl groups is 2. The minimum Gasteiger partial charge on any atom is -0.393 e. The highest BCUT2D eigenvalue weighted by Gasteiger charge is 2.48. The lowest BCUT2D eigenvalue weighted by Crippen LogP contribution is -2.39. The molecule has 0 saturated carbocycles. The van der Waals surface area contributed by atoms with E-state index in [1.807, 2.05) is 38.2 Å². The minimum atomic E-state index is -0.644. The summed E-state index contributed by atoms with van der Waals surface area (Å²) in [6.45, 7) is 10.9. The molecule has 1 aliphatic carbocycles. The first-order valence-electron chi connectivity index (χ1n) is 8.48. The molecule has 4 atom stereocenters. The van der Waals surface area contributed by atoms with Gasteiger partial charge in [-0.3, -0.25) is 0 Å². The maximum atomic E-state index is 10.1. The van der Waals surface area contributed by atoms with Crippen molar-refractivity contribution in [3.05, 3.63) is 47.6 Å². The highest BCUT2D eigenvalue weighted by molar-refractivity contribution is 5.23. The molecular weight excluding hydrogens is 288 g/mol. The Morgan fingerprint density at radius 3 is 2.87 bits per heavy atom. The molecule has 0 radical (unpaired) electrons. The van der Waals surface area contributed by atoms with Gasteiger partial charge in [-0.1, -0.05) is 47.6 Å². The van der Waals surface area contributed by atoms with Gasteiger partial charge in [0.25, 0.3) is 0 Å². The van der Waals surface area contributed by atoms with Crippen LogP contribution >= 0.6 is 0 Å². The second-order valence-electron chi connectivity index (χ2n) is 7.22. The molecule has 1 heterocycles. The monoisotopic (exact) mass is 318 g/mol. The van der Waals surface area contributed by atoms with Crippen LogP contribution < -0.4 is 0 Å². The van der Waals surface area contributed by atoms with E-state index in [-0.39, 0.29) is 18.4 Å². The lowest BCUT2D eigenvalue weighted by Gasteiger charge is -2.32. The maximum Gasteiger partial charge on any atom is 0.113 e. The number of hydrogen-bond acceptors (Lipinski definition) is 3. The van der Waals surface area contributed by atoms with Crippen molar-refractivity contribution >= 4 is 0 Å². The Morgan fingerprint density at radius 1 is 1.48 bits per heavy atom. The Hall–Kier alpha value is -1.16. The van der Waals surface area contributed by atoms with E-state index in [0.29, 0.717) is 13.0 Å². The molecule has 128 valence electrons. The summed E-state index contributed by atoms with van der Waals surface area (Å²) in [5.41, 5.74) is 2.79. The Labute approximate surface area is 140 Å². The molecule has 3 heteroatoms. The molecule has 2 rings (SSSR count). The summed E-state index contributed by atoms with van der Waals surface area (Å²) in [4.78, 5) is 0. The average molecular weight is 318 g/mol. The third kappa shape index (κ3) is 4.23. The average Bonchev–Trinajstić information content (AvgIpc) is 2.84. The Balaban J connectivity index is 2.30. The first-order valence-corrected chi connectivity index (χ1v) is 8.48. The van der Waals surface area contributed by atoms with Crippen molar-refractivity contribution in [1.29, 1.82) is 0 Å². The van der Waals surface area contributed by atoms with Crippen LogP contribution in [0.2, 0.25) is 0 Å². The second kappa shape index (κ2) is 7.61. The van der Waals surface area contributed by atoms with Gasteiger partial charge in [0.05, 0.1) is 19.3 Å². The van der Waals surface area contributed by atoms with E-state index in [1.165, 1.54) is 11.1 Å². The van der Waals surface area contributed by atoms with Crippen LogP contribution in [0.25, 0.3) is 0 Å². The third-order valence-electron chi connectivity index (χ3n) is 5.02. The van der Waals surface area contributed by atoms with Crippen LogP contribution in [0, 0.1) is 11.8 Å². The van der Waals surface area contributed by atoms with Gasteiger partial charge in [-0.2, -0.15) is 0 Å². The van der Waals surface area contributed by atoms with Crippen LogP contribution in [0.1, 0.15) is 40.0 Å². The van der Waals surface area contributed by atoms with Gasteiger partial charge < -0.3 is 14.9 Å². The van der Waals surface area contributed by atoms with E-state index >= 15 is 0 Å². The molecule has 3 nitrogen and oxygen atoms in total. The summed E-state index contributed by atoms with van der Waals surface area (Å²) in [5, 5.41) is 20.2. The van der Waals surface area contributed by atoms with E-state index in [0.717, 1.165) is 18.4 Å². The molecule has 1 aliphatic heterocycles. The molecule has 0 aromatic heterocycles. The zero-order valence-corrected chi connectivity index (χ0v) is 14.6. The maximum absolute atomic E-state index is 10.1. The largest absolute Gasteiger partial charge is 0.393 e. The Bertz CT molecular complexity index is 525. The van der Waals surface area contributed by atoms with Crippen LogP contribution in [-0.2, 0) is 4.74 Å². The van der Waals surface area contributed by atoms with E-state index in [1.54, 1.807) is 0 Å². The molecule has 1 fully saturated rings. The fraction of sp³-hybridized carbons (Fsp3) is 0.600. The summed E-state index contributed by atoms with van der Waals surface area (Å²) in [6, 6.07) is 0. The summed E-state index contributed by atoms with van der Waals surface area (Å²) < 4.78 is 6.08. The first-order chi connectivity index (χ1) is 10.9. The smallest absolute Gasteiger partial charge is 0.113 e. The Kier molecular flexibility index (Phi) is 6.01. The summed E-state index contributed by atoms with van der Waals surface area (Å²) in [7, 11) is 0. The number of rotatable bonds is 3. The Morgan fingerprint density at radius 2 is 2.22 bits per heavy atom. The first kappa shape index (κ1) is 18.2.